The van der Waals surface area contributed by atoms with Gasteiger partial charge in [0, 0.05) is 24.5 Å². The van der Waals surface area contributed by atoms with Gasteiger partial charge in [0.1, 0.15) is 5.82 Å². The average molecular weight is 285 g/mol. The second-order valence-corrected chi connectivity index (χ2v) is 5.79. The molecule has 21 heavy (non-hydrogen) atoms. The lowest BCUT2D eigenvalue weighted by molar-refractivity contribution is 0.328. The summed E-state index contributed by atoms with van der Waals surface area (Å²) in [6, 6.07) is 8.59. The van der Waals surface area contributed by atoms with Gasteiger partial charge in [0.25, 0.3) is 0 Å². The summed E-state index contributed by atoms with van der Waals surface area (Å²) >= 11 is 0. The zero-order chi connectivity index (χ0) is 14.8. The number of rotatable bonds is 2. The molecule has 5 nitrogen and oxygen atoms in total. The Hall–Kier alpha value is -1.88. The summed E-state index contributed by atoms with van der Waals surface area (Å²) in [5.41, 5.74) is 6.85. The van der Waals surface area contributed by atoms with E-state index in [1.165, 1.54) is 0 Å². The first kappa shape index (κ1) is 14.1. The molecule has 112 valence electrons. The van der Waals surface area contributed by atoms with Gasteiger partial charge in [0.2, 0.25) is 5.95 Å². The molecule has 1 saturated heterocycles. The Labute approximate surface area is 125 Å². The quantitative estimate of drug-likeness (QED) is 0.916. The van der Waals surface area contributed by atoms with E-state index in [-0.39, 0.29) is 0 Å². The summed E-state index contributed by atoms with van der Waals surface area (Å²) < 4.78 is 0. The van der Waals surface area contributed by atoms with E-state index in [1.807, 2.05) is 18.2 Å². The van der Waals surface area contributed by atoms with Crippen molar-refractivity contribution in [1.29, 1.82) is 0 Å². The second-order valence-electron chi connectivity index (χ2n) is 5.79. The van der Waals surface area contributed by atoms with Crippen molar-refractivity contribution in [3.63, 3.8) is 0 Å². The minimum atomic E-state index is 0.358. The van der Waals surface area contributed by atoms with Crippen LogP contribution in [-0.2, 0) is 0 Å². The minimum Gasteiger partial charge on any atom is -0.368 e. The molecule has 0 saturated carbocycles. The number of benzene rings is 1. The minimum absolute atomic E-state index is 0.358. The van der Waals surface area contributed by atoms with E-state index >= 15 is 0 Å². The first-order valence-corrected chi connectivity index (χ1v) is 7.66. The van der Waals surface area contributed by atoms with Crippen molar-refractivity contribution < 1.29 is 0 Å². The molecule has 1 unspecified atom stereocenters. The van der Waals surface area contributed by atoms with Gasteiger partial charge in [-0.15, -0.1) is 0 Å². The number of hydrogen-bond acceptors (Lipinski definition) is 5. The fraction of sp³-hybridized carbons (Fsp3) is 0.500. The number of para-hydroxylation sites is 1. The molecule has 0 aliphatic carbocycles. The summed E-state index contributed by atoms with van der Waals surface area (Å²) in [5, 5.41) is 1.09. The number of anilines is 2. The molecule has 0 amide bonds. The van der Waals surface area contributed by atoms with Gasteiger partial charge in [0.15, 0.2) is 0 Å². The van der Waals surface area contributed by atoms with E-state index in [2.05, 4.69) is 39.8 Å². The van der Waals surface area contributed by atoms with Crippen molar-refractivity contribution in [3.05, 3.63) is 24.3 Å². The van der Waals surface area contributed by atoms with Crippen molar-refractivity contribution in [2.75, 3.05) is 37.3 Å². The molecule has 2 heterocycles. The zero-order valence-corrected chi connectivity index (χ0v) is 12.8. The molecular formula is C16H23N5. The molecule has 2 N–H and O–H groups in total. The maximum Gasteiger partial charge on any atom is 0.222 e. The molecule has 5 heteroatoms. The number of fused-ring (bicyclic) bond motifs is 1. The van der Waals surface area contributed by atoms with E-state index in [0.29, 0.717) is 12.0 Å². The van der Waals surface area contributed by atoms with E-state index in [9.17, 15) is 0 Å². The average Bonchev–Trinajstić information content (AvgIpc) is 2.67. The van der Waals surface area contributed by atoms with Crippen molar-refractivity contribution in [1.82, 2.24) is 14.9 Å². The van der Waals surface area contributed by atoms with Crippen molar-refractivity contribution in [2.24, 2.45) is 0 Å². The molecule has 0 radical (unpaired) electrons. The Morgan fingerprint density at radius 2 is 2.05 bits per heavy atom. The van der Waals surface area contributed by atoms with Crippen LogP contribution in [0.2, 0.25) is 0 Å². The normalized spacial score (nSPS) is 20.7. The third kappa shape index (κ3) is 2.78. The van der Waals surface area contributed by atoms with E-state index in [4.69, 9.17) is 5.73 Å². The highest BCUT2D eigenvalue weighted by molar-refractivity contribution is 5.90. The predicted molar refractivity (Wildman–Crippen MR) is 87.5 cm³/mol. The van der Waals surface area contributed by atoms with Crippen molar-refractivity contribution in [2.45, 2.75) is 25.8 Å². The lowest BCUT2D eigenvalue weighted by atomic mass is 10.1. The monoisotopic (exact) mass is 285 g/mol. The predicted octanol–water partition coefficient (Wildman–Crippen LogP) is 2.13. The third-order valence-electron chi connectivity index (χ3n) is 4.25. The van der Waals surface area contributed by atoms with E-state index < -0.39 is 0 Å². The lowest BCUT2D eigenvalue weighted by Crippen LogP contribution is -2.40. The first-order chi connectivity index (χ1) is 10.2. The van der Waals surface area contributed by atoms with Crippen LogP contribution in [0.1, 0.15) is 19.8 Å². The number of likely N-dealkylation sites (N-methyl/N-ethyl adjacent to an activating group) is 1. The van der Waals surface area contributed by atoms with Gasteiger partial charge in [-0.2, -0.15) is 4.98 Å². The molecule has 1 atom stereocenters. The summed E-state index contributed by atoms with van der Waals surface area (Å²) in [6.45, 7) is 5.45. The highest BCUT2D eigenvalue weighted by Crippen LogP contribution is 2.28. The van der Waals surface area contributed by atoms with Crippen LogP contribution in [0, 0.1) is 0 Å². The maximum absolute atomic E-state index is 5.93. The van der Waals surface area contributed by atoms with Gasteiger partial charge < -0.3 is 15.5 Å². The maximum atomic E-state index is 5.93. The Morgan fingerprint density at radius 1 is 1.24 bits per heavy atom. The SMILES string of the molecule is CCC1CN(C)CCCN1c1nc(N)nc2ccccc12. The molecule has 1 aliphatic rings. The second kappa shape index (κ2) is 5.85. The number of hydrogen-bond donors (Lipinski definition) is 1. The van der Waals surface area contributed by atoms with Gasteiger partial charge in [-0.1, -0.05) is 19.1 Å². The van der Waals surface area contributed by atoms with Gasteiger partial charge in [-0.3, -0.25) is 0 Å². The zero-order valence-electron chi connectivity index (χ0n) is 12.8. The van der Waals surface area contributed by atoms with Crippen molar-refractivity contribution >= 4 is 22.7 Å². The molecule has 0 bridgehead atoms. The topological polar surface area (TPSA) is 58.3 Å². The lowest BCUT2D eigenvalue weighted by Gasteiger charge is -2.32. The highest BCUT2D eigenvalue weighted by atomic mass is 15.3. The molecule has 1 aromatic carbocycles. The van der Waals surface area contributed by atoms with Crippen LogP contribution >= 0.6 is 0 Å². The van der Waals surface area contributed by atoms with Crippen LogP contribution < -0.4 is 10.6 Å². The summed E-state index contributed by atoms with van der Waals surface area (Å²) in [6.07, 6.45) is 2.24. The van der Waals surface area contributed by atoms with E-state index in [0.717, 1.165) is 49.2 Å². The molecular weight excluding hydrogens is 262 g/mol. The van der Waals surface area contributed by atoms with Crippen LogP contribution in [0.3, 0.4) is 0 Å². The summed E-state index contributed by atoms with van der Waals surface area (Å²) in [5.74, 6) is 1.34. The first-order valence-electron chi connectivity index (χ1n) is 7.66. The number of nitrogens with zero attached hydrogens (tertiary/aromatic N) is 4. The molecule has 1 aromatic heterocycles. The molecule has 1 fully saturated rings. The Morgan fingerprint density at radius 3 is 2.86 bits per heavy atom. The van der Waals surface area contributed by atoms with E-state index in [1.54, 1.807) is 0 Å². The standard InChI is InChI=1S/C16H23N5/c1-3-12-11-20(2)9-6-10-21(12)15-13-7-4-5-8-14(13)18-16(17)19-15/h4-5,7-8,12H,3,6,9-11H2,1-2H3,(H2,17,18,19). The van der Waals surface area contributed by atoms with Crippen molar-refractivity contribution in [3.8, 4) is 0 Å². The largest absolute Gasteiger partial charge is 0.368 e. The van der Waals surface area contributed by atoms with Crippen LogP contribution in [-0.4, -0.2) is 47.6 Å². The number of aromatic nitrogens is 2. The van der Waals surface area contributed by atoms with Crippen LogP contribution in [0.15, 0.2) is 24.3 Å². The molecule has 2 aromatic rings. The van der Waals surface area contributed by atoms with Gasteiger partial charge in [-0.05, 0) is 38.6 Å². The number of nitrogen functional groups attached to an aromatic ring is 1. The Bertz CT molecular complexity index is 627. The molecule has 1 aliphatic heterocycles. The van der Waals surface area contributed by atoms with Crippen LogP contribution in [0.4, 0.5) is 11.8 Å². The van der Waals surface area contributed by atoms with Gasteiger partial charge in [-0.25, -0.2) is 4.98 Å². The fourth-order valence-electron chi connectivity index (χ4n) is 3.17. The third-order valence-corrected chi connectivity index (χ3v) is 4.25. The van der Waals surface area contributed by atoms with Gasteiger partial charge in [0.05, 0.1) is 5.52 Å². The Balaban J connectivity index is 2.09. The molecule has 3 rings (SSSR count). The number of nitrogens with two attached hydrogens (primary N) is 1. The highest BCUT2D eigenvalue weighted by Gasteiger charge is 2.25. The van der Waals surface area contributed by atoms with Gasteiger partial charge >= 0.3 is 0 Å². The summed E-state index contributed by atoms with van der Waals surface area (Å²) in [4.78, 5) is 13.7. The Kier molecular flexibility index (Phi) is 3.92. The molecule has 0 spiro atoms. The van der Waals surface area contributed by atoms with Crippen LogP contribution in [0.25, 0.3) is 10.9 Å². The van der Waals surface area contributed by atoms with Crippen LogP contribution in [0.5, 0.6) is 0 Å². The smallest absolute Gasteiger partial charge is 0.222 e. The fourth-order valence-corrected chi connectivity index (χ4v) is 3.17. The summed E-state index contributed by atoms with van der Waals surface area (Å²) in [7, 11) is 2.19.